The lowest BCUT2D eigenvalue weighted by Gasteiger charge is -2.42. The van der Waals surface area contributed by atoms with Gasteiger partial charge in [0.2, 0.25) is 11.8 Å². The number of halogens is 1. The maximum Gasteiger partial charge on any atom is 0.314 e. The number of hydrogen-bond acceptors (Lipinski definition) is 5. The monoisotopic (exact) mass is 455 g/mol. The average Bonchev–Trinajstić information content (AvgIpc) is 3.49. The Morgan fingerprint density at radius 2 is 2.06 bits per heavy atom. The van der Waals surface area contributed by atoms with Crippen LogP contribution in [0.3, 0.4) is 0 Å². The summed E-state index contributed by atoms with van der Waals surface area (Å²) in [5, 5.41) is 15.1. The van der Waals surface area contributed by atoms with E-state index < -0.39 is 40.9 Å². The van der Waals surface area contributed by atoms with E-state index in [0.29, 0.717) is 19.4 Å². The van der Waals surface area contributed by atoms with Crippen molar-refractivity contribution in [2.24, 2.45) is 29.4 Å². The van der Waals surface area contributed by atoms with Crippen molar-refractivity contribution in [3.05, 3.63) is 30.1 Å². The van der Waals surface area contributed by atoms with E-state index in [9.17, 15) is 28.8 Å². The second-order valence-corrected chi connectivity index (χ2v) is 9.03. The Bertz CT molecular complexity index is 1040. The molecule has 3 fully saturated rings. The molecule has 0 spiro atoms. The van der Waals surface area contributed by atoms with E-state index >= 15 is 0 Å². The zero-order chi connectivity index (χ0) is 23.8. The summed E-state index contributed by atoms with van der Waals surface area (Å²) in [4.78, 5) is 52.5. The number of nitriles is 1. The quantitative estimate of drug-likeness (QED) is 0.565. The van der Waals surface area contributed by atoms with Crippen molar-refractivity contribution in [2.45, 2.75) is 37.6 Å². The van der Waals surface area contributed by atoms with E-state index in [1.54, 1.807) is 0 Å². The Hall–Kier alpha value is -3.48. The number of fused-ring (bicyclic) bond motifs is 1. The van der Waals surface area contributed by atoms with Gasteiger partial charge in [-0.3, -0.25) is 19.2 Å². The van der Waals surface area contributed by atoms with Crippen molar-refractivity contribution in [2.75, 3.05) is 18.4 Å². The Morgan fingerprint density at radius 3 is 2.70 bits per heavy atom. The summed E-state index contributed by atoms with van der Waals surface area (Å²) in [6.07, 6.45) is 2.71. The number of likely N-dealkylation sites (tertiary alicyclic amines) is 1. The molecule has 1 saturated carbocycles. The third-order valence-electron chi connectivity index (χ3n) is 7.41. The zero-order valence-electron chi connectivity index (χ0n) is 18.1. The first-order chi connectivity index (χ1) is 15.8. The number of benzene rings is 1. The molecule has 5 atom stereocenters. The van der Waals surface area contributed by atoms with Crippen LogP contribution in [-0.2, 0) is 19.2 Å². The summed E-state index contributed by atoms with van der Waals surface area (Å²) in [5.74, 6) is -5.91. The molecule has 174 valence electrons. The predicted molar refractivity (Wildman–Crippen MR) is 114 cm³/mol. The topological polar surface area (TPSA) is 145 Å². The number of nitrogens with zero attached hydrogens (tertiary/aromatic N) is 2. The highest BCUT2D eigenvalue weighted by Gasteiger charge is 2.65. The molecule has 33 heavy (non-hydrogen) atoms. The Balaban J connectivity index is 1.69. The van der Waals surface area contributed by atoms with Gasteiger partial charge in [0.25, 0.3) is 0 Å². The Kier molecular flexibility index (Phi) is 6.06. The van der Waals surface area contributed by atoms with Gasteiger partial charge >= 0.3 is 11.8 Å². The van der Waals surface area contributed by atoms with E-state index in [2.05, 4.69) is 16.7 Å². The Labute approximate surface area is 190 Å². The average molecular weight is 455 g/mol. The molecule has 2 aliphatic heterocycles. The number of anilines is 1. The number of rotatable bonds is 5. The normalized spacial score (nSPS) is 29.2. The Morgan fingerprint density at radius 1 is 1.30 bits per heavy atom. The fourth-order valence-corrected chi connectivity index (χ4v) is 5.95. The summed E-state index contributed by atoms with van der Waals surface area (Å²) in [6, 6.07) is 7.56. The van der Waals surface area contributed by atoms with Gasteiger partial charge in [0.05, 0.1) is 17.7 Å². The molecular weight excluding hydrogens is 429 g/mol. The minimum atomic E-state index is -1.71. The summed E-state index contributed by atoms with van der Waals surface area (Å²) in [6.45, 7) is 0.580. The lowest BCUT2D eigenvalue weighted by atomic mass is 9.69. The first kappa shape index (κ1) is 22.7. The maximum absolute atomic E-state index is 14.0. The highest BCUT2D eigenvalue weighted by Crippen LogP contribution is 2.53. The van der Waals surface area contributed by atoms with Crippen LogP contribution in [0.15, 0.2) is 24.3 Å². The minimum Gasteiger partial charge on any atom is -0.368 e. The summed E-state index contributed by atoms with van der Waals surface area (Å²) >= 11 is 0. The SMILES string of the molecule is N#C[C@@H](C[C@H]1CCNC1=O)C1(C(N)=O)C2CCCC2CN1C(=O)C(=O)Nc1ccccc1F. The van der Waals surface area contributed by atoms with Crippen molar-refractivity contribution in [1.29, 1.82) is 5.26 Å². The molecule has 4 N–H and O–H groups in total. The van der Waals surface area contributed by atoms with Gasteiger partial charge in [-0.2, -0.15) is 5.26 Å². The number of para-hydroxylation sites is 1. The van der Waals surface area contributed by atoms with Crippen LogP contribution in [0.1, 0.15) is 32.1 Å². The standard InChI is InChI=1S/C23H26FN5O4/c24-17-6-1-2-7-18(17)28-20(31)21(32)29-12-14-4-3-5-16(14)23(29,22(26)33)15(11-25)10-13-8-9-27-19(13)30/h1-2,6-7,13-16H,3-5,8-10,12H2,(H2,26,33)(H,27,30)(H,28,31)/t13-,14?,15-,16?,23?/m1/s1. The molecule has 3 aliphatic rings. The molecule has 4 amide bonds. The van der Waals surface area contributed by atoms with Crippen LogP contribution in [0, 0.1) is 40.8 Å². The van der Waals surface area contributed by atoms with Crippen LogP contribution in [0.2, 0.25) is 0 Å². The van der Waals surface area contributed by atoms with Crippen molar-refractivity contribution in [1.82, 2.24) is 10.2 Å². The second-order valence-electron chi connectivity index (χ2n) is 9.03. The fraction of sp³-hybridized carbons (Fsp3) is 0.522. The molecule has 1 aliphatic carbocycles. The number of hydrogen-bond donors (Lipinski definition) is 3. The number of nitrogens with two attached hydrogens (primary N) is 1. The van der Waals surface area contributed by atoms with Gasteiger partial charge in [-0.25, -0.2) is 4.39 Å². The van der Waals surface area contributed by atoms with Crippen LogP contribution in [0.5, 0.6) is 0 Å². The van der Waals surface area contributed by atoms with Gasteiger partial charge in [0, 0.05) is 19.0 Å². The molecule has 10 heteroatoms. The highest BCUT2D eigenvalue weighted by atomic mass is 19.1. The van der Waals surface area contributed by atoms with Gasteiger partial charge in [0.15, 0.2) is 0 Å². The number of primary amides is 1. The predicted octanol–water partition coefficient (Wildman–Crippen LogP) is 0.913. The van der Waals surface area contributed by atoms with Crippen LogP contribution in [-0.4, -0.2) is 47.2 Å². The molecular formula is C23H26FN5O4. The van der Waals surface area contributed by atoms with Crippen molar-refractivity contribution in [3.8, 4) is 6.07 Å². The smallest absolute Gasteiger partial charge is 0.314 e. The molecule has 3 unspecified atom stereocenters. The van der Waals surface area contributed by atoms with Crippen LogP contribution in [0.25, 0.3) is 0 Å². The molecule has 9 nitrogen and oxygen atoms in total. The number of amides is 4. The van der Waals surface area contributed by atoms with Crippen molar-refractivity contribution < 1.29 is 23.6 Å². The number of nitrogens with one attached hydrogen (secondary N) is 2. The first-order valence-corrected chi connectivity index (χ1v) is 11.1. The van der Waals surface area contributed by atoms with E-state index in [1.807, 2.05) is 0 Å². The van der Waals surface area contributed by atoms with Gasteiger partial charge in [-0.15, -0.1) is 0 Å². The maximum atomic E-state index is 14.0. The molecule has 0 radical (unpaired) electrons. The number of carbonyl (C=O) groups excluding carboxylic acids is 4. The third-order valence-corrected chi connectivity index (χ3v) is 7.41. The van der Waals surface area contributed by atoms with Crippen LogP contribution in [0.4, 0.5) is 10.1 Å². The zero-order valence-corrected chi connectivity index (χ0v) is 18.1. The molecule has 2 heterocycles. The van der Waals surface area contributed by atoms with E-state index in [4.69, 9.17) is 5.73 Å². The molecule has 1 aromatic rings. The van der Waals surface area contributed by atoms with Crippen molar-refractivity contribution >= 4 is 29.3 Å². The third kappa shape index (κ3) is 3.71. The molecule has 0 bridgehead atoms. The second kappa shape index (κ2) is 8.81. The first-order valence-electron chi connectivity index (χ1n) is 11.1. The van der Waals surface area contributed by atoms with Crippen LogP contribution < -0.4 is 16.4 Å². The van der Waals surface area contributed by atoms with Gasteiger partial charge in [-0.05, 0) is 49.7 Å². The van der Waals surface area contributed by atoms with Crippen LogP contribution >= 0.6 is 0 Å². The van der Waals surface area contributed by atoms with Gasteiger partial charge in [0.1, 0.15) is 11.4 Å². The summed E-state index contributed by atoms with van der Waals surface area (Å²) < 4.78 is 14.0. The highest BCUT2D eigenvalue weighted by molar-refractivity contribution is 6.40. The summed E-state index contributed by atoms with van der Waals surface area (Å²) in [7, 11) is 0. The lowest BCUT2D eigenvalue weighted by Crippen LogP contribution is -2.65. The van der Waals surface area contributed by atoms with E-state index in [-0.39, 0.29) is 36.4 Å². The minimum absolute atomic E-state index is 0.0627. The lowest BCUT2D eigenvalue weighted by molar-refractivity contribution is -0.153. The van der Waals surface area contributed by atoms with Gasteiger partial charge in [-0.1, -0.05) is 18.6 Å². The van der Waals surface area contributed by atoms with E-state index in [0.717, 1.165) is 23.8 Å². The van der Waals surface area contributed by atoms with E-state index in [1.165, 1.54) is 18.2 Å². The summed E-state index contributed by atoms with van der Waals surface area (Å²) in [5.41, 5.74) is 4.03. The molecule has 0 aromatic heterocycles. The molecule has 2 saturated heterocycles. The fourth-order valence-electron chi connectivity index (χ4n) is 5.95. The molecule has 1 aromatic carbocycles. The largest absolute Gasteiger partial charge is 0.368 e. The number of carbonyl (C=O) groups is 4. The van der Waals surface area contributed by atoms with Crippen molar-refractivity contribution in [3.63, 3.8) is 0 Å². The van der Waals surface area contributed by atoms with Gasteiger partial charge < -0.3 is 21.3 Å². The molecule has 4 rings (SSSR count).